The van der Waals surface area contributed by atoms with Crippen LogP contribution in [-0.2, 0) is 9.47 Å². The lowest BCUT2D eigenvalue weighted by molar-refractivity contribution is -0.383. The number of halogens is 1. The molecule has 1 aromatic heterocycles. The lowest BCUT2D eigenvalue weighted by Gasteiger charge is -2.18. The normalized spacial score (nSPS) is 10.9. The van der Waals surface area contributed by atoms with Crippen molar-refractivity contribution >= 4 is 46.6 Å². The molecule has 2 rings (SSSR count). The summed E-state index contributed by atoms with van der Waals surface area (Å²) in [6.45, 7) is 4.81. The summed E-state index contributed by atoms with van der Waals surface area (Å²) in [5.41, 5.74) is -0.740. The van der Waals surface area contributed by atoms with Gasteiger partial charge >= 0.3 is 12.2 Å². The van der Waals surface area contributed by atoms with Crippen LogP contribution in [0.3, 0.4) is 0 Å². The van der Waals surface area contributed by atoms with Crippen LogP contribution in [0, 0.1) is 10.1 Å². The van der Waals surface area contributed by atoms with Gasteiger partial charge < -0.3 is 9.47 Å². The van der Waals surface area contributed by atoms with Crippen LogP contribution < -0.4 is 5.32 Å². The van der Waals surface area contributed by atoms with Gasteiger partial charge in [-0.3, -0.25) is 15.4 Å². The number of ether oxygens (including phenoxy) is 2. The molecule has 1 N–H and O–H groups in total. The molecule has 2 aromatic rings. The first-order chi connectivity index (χ1) is 12.0. The summed E-state index contributed by atoms with van der Waals surface area (Å²) in [6, 6.07) is 7.63. The molecule has 1 amide bonds. The molecule has 0 aliphatic carbocycles. The largest absolute Gasteiger partial charge is 0.517 e. The maximum absolute atomic E-state index is 11.8. The van der Waals surface area contributed by atoms with Crippen molar-refractivity contribution in [2.45, 2.75) is 26.4 Å². The predicted molar refractivity (Wildman–Crippen MR) is 97.8 cm³/mol. The average molecular weight is 399 g/mol. The second-order valence-electron chi connectivity index (χ2n) is 6.07. The highest BCUT2D eigenvalue weighted by Crippen LogP contribution is 2.35. The van der Waals surface area contributed by atoms with Crippen molar-refractivity contribution < 1.29 is 24.0 Å². The molecule has 0 saturated heterocycles. The second kappa shape index (κ2) is 7.71. The quantitative estimate of drug-likeness (QED) is 0.318. The molecule has 0 bridgehead atoms. The van der Waals surface area contributed by atoms with Gasteiger partial charge in [-0.1, -0.05) is 17.7 Å². The average Bonchev–Trinajstić information content (AvgIpc) is 2.91. The lowest BCUT2D eigenvalue weighted by atomic mass is 10.1. The maximum atomic E-state index is 11.8. The number of hydrogen-bond donors (Lipinski definition) is 1. The number of amides is 1. The summed E-state index contributed by atoms with van der Waals surface area (Å²) >= 11 is 7.14. The van der Waals surface area contributed by atoms with Crippen molar-refractivity contribution in [1.82, 2.24) is 0 Å². The van der Waals surface area contributed by atoms with E-state index < -0.39 is 22.8 Å². The molecule has 8 nitrogen and oxygen atoms in total. The first-order valence-corrected chi connectivity index (χ1v) is 8.50. The van der Waals surface area contributed by atoms with Crippen LogP contribution >= 0.6 is 22.9 Å². The fourth-order valence-corrected chi connectivity index (χ4v) is 2.93. The van der Waals surface area contributed by atoms with E-state index >= 15 is 0 Å². The lowest BCUT2D eigenvalue weighted by Crippen LogP contribution is -2.27. The standard InChI is InChI=1S/C16H15ClN2O6S/c1-16(2,3)25-15(21)24-14(20)18-10-5-4-9(8-11(10)19(22)23)12-6-7-13(17)26-12/h4-8H,1-3H3,(H,18,20). The number of carbonyl (C=O) groups excluding carboxylic acids is 2. The van der Waals surface area contributed by atoms with Crippen LogP contribution in [0.25, 0.3) is 10.4 Å². The summed E-state index contributed by atoms with van der Waals surface area (Å²) in [6.07, 6.45) is -2.39. The van der Waals surface area contributed by atoms with E-state index in [-0.39, 0.29) is 11.4 Å². The highest BCUT2D eigenvalue weighted by molar-refractivity contribution is 7.19. The van der Waals surface area contributed by atoms with Gasteiger partial charge in [-0.2, -0.15) is 0 Å². The molecular formula is C16H15ClN2O6S. The number of nitrogens with one attached hydrogen (secondary N) is 1. The molecule has 0 spiro atoms. The van der Waals surface area contributed by atoms with Gasteiger partial charge in [-0.05, 0) is 44.5 Å². The number of nitro groups is 1. The van der Waals surface area contributed by atoms with Gasteiger partial charge in [0.15, 0.2) is 0 Å². The van der Waals surface area contributed by atoms with E-state index in [0.29, 0.717) is 9.90 Å². The zero-order valence-electron chi connectivity index (χ0n) is 14.1. The van der Waals surface area contributed by atoms with Crippen LogP contribution in [-0.4, -0.2) is 22.8 Å². The highest BCUT2D eigenvalue weighted by atomic mass is 35.5. The minimum Gasteiger partial charge on any atom is -0.428 e. The molecule has 1 heterocycles. The Bertz CT molecular complexity index is 859. The number of benzene rings is 1. The molecule has 0 radical (unpaired) electrons. The highest BCUT2D eigenvalue weighted by Gasteiger charge is 2.23. The smallest absolute Gasteiger partial charge is 0.428 e. The van der Waals surface area contributed by atoms with E-state index in [2.05, 4.69) is 10.1 Å². The molecule has 1 aromatic carbocycles. The van der Waals surface area contributed by atoms with Crippen molar-refractivity contribution in [3.63, 3.8) is 0 Å². The fraction of sp³-hybridized carbons (Fsp3) is 0.250. The summed E-state index contributed by atoms with van der Waals surface area (Å²) in [7, 11) is 0. The van der Waals surface area contributed by atoms with E-state index in [1.807, 2.05) is 0 Å². The van der Waals surface area contributed by atoms with Gasteiger partial charge in [-0.15, -0.1) is 11.3 Å². The van der Waals surface area contributed by atoms with Crippen LogP contribution in [0.5, 0.6) is 0 Å². The monoisotopic (exact) mass is 398 g/mol. The summed E-state index contributed by atoms with van der Waals surface area (Å²) < 4.78 is 9.82. The number of nitro benzene ring substituents is 1. The number of carbonyl (C=O) groups is 2. The van der Waals surface area contributed by atoms with Crippen molar-refractivity contribution in [3.8, 4) is 10.4 Å². The Morgan fingerprint density at radius 1 is 1.23 bits per heavy atom. The molecule has 0 unspecified atom stereocenters. The van der Waals surface area contributed by atoms with Crippen LogP contribution in [0.4, 0.5) is 21.0 Å². The molecule has 0 saturated carbocycles. The summed E-state index contributed by atoms with van der Waals surface area (Å²) in [5.74, 6) is 0. The van der Waals surface area contributed by atoms with Crippen LogP contribution in [0.1, 0.15) is 20.8 Å². The van der Waals surface area contributed by atoms with Gasteiger partial charge in [0.25, 0.3) is 5.69 Å². The Morgan fingerprint density at radius 3 is 2.46 bits per heavy atom. The Morgan fingerprint density at radius 2 is 1.92 bits per heavy atom. The number of rotatable bonds is 3. The number of hydrogen-bond acceptors (Lipinski definition) is 7. The third kappa shape index (κ3) is 5.43. The first kappa shape index (κ1) is 19.7. The maximum Gasteiger partial charge on any atom is 0.517 e. The summed E-state index contributed by atoms with van der Waals surface area (Å²) in [4.78, 5) is 34.6. The van der Waals surface area contributed by atoms with Crippen molar-refractivity contribution in [3.05, 3.63) is 44.8 Å². The van der Waals surface area contributed by atoms with Gasteiger partial charge in [0, 0.05) is 10.9 Å². The topological polar surface area (TPSA) is 108 Å². The van der Waals surface area contributed by atoms with Gasteiger partial charge in [0.2, 0.25) is 0 Å². The minimum absolute atomic E-state index is 0.116. The van der Waals surface area contributed by atoms with Crippen LogP contribution in [0.15, 0.2) is 30.3 Å². The Kier molecular flexibility index (Phi) is 5.83. The summed E-state index contributed by atoms with van der Waals surface area (Å²) in [5, 5.41) is 13.5. The third-order valence-electron chi connectivity index (χ3n) is 2.85. The second-order valence-corrected chi connectivity index (χ2v) is 7.79. The first-order valence-electron chi connectivity index (χ1n) is 7.31. The SMILES string of the molecule is CC(C)(C)OC(=O)OC(=O)Nc1ccc(-c2ccc(Cl)s2)cc1[N+](=O)[O-]. The molecule has 0 aliphatic rings. The number of thiophene rings is 1. The minimum atomic E-state index is -1.21. The van der Waals surface area contributed by atoms with E-state index in [4.69, 9.17) is 16.3 Å². The molecule has 0 aliphatic heterocycles. The third-order valence-corrected chi connectivity index (χ3v) is 4.13. The van der Waals surface area contributed by atoms with Crippen molar-refractivity contribution in [2.24, 2.45) is 0 Å². The molecule has 10 heteroatoms. The van der Waals surface area contributed by atoms with Gasteiger partial charge in [-0.25, -0.2) is 9.59 Å². The number of nitrogens with zero attached hydrogens (tertiary/aromatic N) is 1. The zero-order valence-corrected chi connectivity index (χ0v) is 15.6. The van der Waals surface area contributed by atoms with E-state index in [0.717, 1.165) is 4.88 Å². The molecule has 138 valence electrons. The Labute approximate surface area is 157 Å². The molecular weight excluding hydrogens is 384 g/mol. The molecule has 0 fully saturated rings. The predicted octanol–water partition coefficient (Wildman–Crippen LogP) is 5.46. The Balaban J connectivity index is 2.17. The van der Waals surface area contributed by atoms with Crippen molar-refractivity contribution in [2.75, 3.05) is 5.32 Å². The van der Waals surface area contributed by atoms with Crippen LogP contribution in [0.2, 0.25) is 4.34 Å². The molecule has 26 heavy (non-hydrogen) atoms. The molecule has 0 atom stereocenters. The zero-order chi connectivity index (χ0) is 19.5. The van der Waals surface area contributed by atoms with Gasteiger partial charge in [0.1, 0.15) is 11.3 Å². The van der Waals surface area contributed by atoms with E-state index in [1.54, 1.807) is 39.0 Å². The van der Waals surface area contributed by atoms with Crippen molar-refractivity contribution in [1.29, 1.82) is 0 Å². The van der Waals surface area contributed by atoms with E-state index in [1.165, 1.54) is 23.5 Å². The Hall–Kier alpha value is -2.65. The fourth-order valence-electron chi connectivity index (χ4n) is 1.89. The van der Waals surface area contributed by atoms with Gasteiger partial charge in [0.05, 0.1) is 9.26 Å². The van der Waals surface area contributed by atoms with E-state index in [9.17, 15) is 19.7 Å². The number of anilines is 1.